The highest BCUT2D eigenvalue weighted by Crippen LogP contribution is 2.15. The number of rotatable bonds is 7. The topological polar surface area (TPSA) is 62.7 Å². The maximum atomic E-state index is 4.40. The zero-order valence-electron chi connectivity index (χ0n) is 12.1. The van der Waals surface area contributed by atoms with Gasteiger partial charge >= 0.3 is 0 Å². The van der Waals surface area contributed by atoms with Crippen molar-refractivity contribution in [3.63, 3.8) is 0 Å². The van der Waals surface area contributed by atoms with Gasteiger partial charge in [-0.15, -0.1) is 5.10 Å². The largest absolute Gasteiger partial charge is 0.353 e. The van der Waals surface area contributed by atoms with Crippen LogP contribution in [0.2, 0.25) is 0 Å². The van der Waals surface area contributed by atoms with Crippen molar-refractivity contribution in [2.24, 2.45) is 0 Å². The van der Waals surface area contributed by atoms with E-state index in [9.17, 15) is 0 Å². The number of aryl methyl sites for hydroxylation is 1. The standard InChI is InChI=1S/C15H21N5/c1-3-4-5-9-16-15-19-14(11-17-20-15)18-13-8-6-7-12(2)10-13/h6-8,10-11H,3-5,9H2,1-2H3,(H2,16,18,19,20). The zero-order chi connectivity index (χ0) is 14.2. The summed E-state index contributed by atoms with van der Waals surface area (Å²) in [5.41, 5.74) is 2.21. The number of aromatic nitrogens is 3. The molecule has 0 unspecified atom stereocenters. The third-order valence-corrected chi connectivity index (χ3v) is 2.91. The maximum Gasteiger partial charge on any atom is 0.244 e. The third-order valence-electron chi connectivity index (χ3n) is 2.91. The van der Waals surface area contributed by atoms with E-state index in [4.69, 9.17) is 0 Å². The predicted octanol–water partition coefficient (Wildman–Crippen LogP) is 3.53. The number of unbranched alkanes of at least 4 members (excludes halogenated alkanes) is 2. The van der Waals surface area contributed by atoms with E-state index in [1.807, 2.05) is 12.1 Å². The first-order valence-corrected chi connectivity index (χ1v) is 7.05. The van der Waals surface area contributed by atoms with Gasteiger partial charge in [0.1, 0.15) is 0 Å². The average molecular weight is 271 g/mol. The molecular formula is C15H21N5. The lowest BCUT2D eigenvalue weighted by Crippen LogP contribution is -2.07. The van der Waals surface area contributed by atoms with E-state index in [2.05, 4.69) is 51.8 Å². The summed E-state index contributed by atoms with van der Waals surface area (Å²) in [4.78, 5) is 4.40. The molecule has 0 fully saturated rings. The van der Waals surface area contributed by atoms with Gasteiger partial charge in [-0.3, -0.25) is 0 Å². The Morgan fingerprint density at radius 3 is 2.90 bits per heavy atom. The molecule has 0 aliphatic heterocycles. The number of nitrogens with zero attached hydrogens (tertiary/aromatic N) is 3. The van der Waals surface area contributed by atoms with Gasteiger partial charge in [0.25, 0.3) is 0 Å². The van der Waals surface area contributed by atoms with E-state index in [0.717, 1.165) is 18.7 Å². The Morgan fingerprint density at radius 1 is 1.20 bits per heavy atom. The van der Waals surface area contributed by atoms with E-state index in [1.54, 1.807) is 6.20 Å². The van der Waals surface area contributed by atoms with E-state index >= 15 is 0 Å². The highest BCUT2D eigenvalue weighted by Gasteiger charge is 2.01. The molecular weight excluding hydrogens is 250 g/mol. The summed E-state index contributed by atoms with van der Waals surface area (Å²) in [6.07, 6.45) is 5.16. The van der Waals surface area contributed by atoms with Gasteiger partial charge in [-0.1, -0.05) is 31.9 Å². The molecule has 5 nitrogen and oxygen atoms in total. The van der Waals surface area contributed by atoms with Gasteiger partial charge in [-0.05, 0) is 31.0 Å². The second-order valence-electron chi connectivity index (χ2n) is 4.79. The minimum absolute atomic E-state index is 0.568. The van der Waals surface area contributed by atoms with Crippen LogP contribution >= 0.6 is 0 Å². The Balaban J connectivity index is 1.95. The molecule has 0 aliphatic rings. The molecule has 2 N–H and O–H groups in total. The van der Waals surface area contributed by atoms with Gasteiger partial charge < -0.3 is 10.6 Å². The van der Waals surface area contributed by atoms with E-state index in [0.29, 0.717) is 11.8 Å². The molecule has 1 aromatic carbocycles. The SMILES string of the molecule is CCCCCNc1nncc(Nc2cccc(C)c2)n1. The highest BCUT2D eigenvalue weighted by molar-refractivity contribution is 5.56. The number of nitrogens with one attached hydrogen (secondary N) is 2. The second kappa shape index (κ2) is 7.43. The molecule has 0 aliphatic carbocycles. The summed E-state index contributed by atoms with van der Waals surface area (Å²) in [6, 6.07) is 8.14. The first-order chi connectivity index (χ1) is 9.78. The number of benzene rings is 1. The molecule has 0 saturated heterocycles. The van der Waals surface area contributed by atoms with Gasteiger partial charge in [-0.25, -0.2) is 0 Å². The van der Waals surface area contributed by atoms with Gasteiger partial charge in [0, 0.05) is 12.2 Å². The lowest BCUT2D eigenvalue weighted by molar-refractivity contribution is 0.738. The summed E-state index contributed by atoms with van der Waals surface area (Å²) >= 11 is 0. The van der Waals surface area contributed by atoms with Crippen molar-refractivity contribution in [3.05, 3.63) is 36.0 Å². The van der Waals surface area contributed by atoms with E-state index in [1.165, 1.54) is 18.4 Å². The van der Waals surface area contributed by atoms with Crippen molar-refractivity contribution in [3.8, 4) is 0 Å². The molecule has 0 spiro atoms. The fourth-order valence-corrected chi connectivity index (χ4v) is 1.88. The third kappa shape index (κ3) is 4.50. The van der Waals surface area contributed by atoms with E-state index in [-0.39, 0.29) is 0 Å². The number of hydrogen-bond acceptors (Lipinski definition) is 5. The molecule has 1 aromatic heterocycles. The van der Waals surface area contributed by atoms with Crippen molar-refractivity contribution in [2.75, 3.05) is 17.2 Å². The quantitative estimate of drug-likeness (QED) is 0.754. The molecule has 0 amide bonds. The van der Waals surface area contributed by atoms with Crippen LogP contribution in [0.4, 0.5) is 17.5 Å². The summed E-state index contributed by atoms with van der Waals surface area (Å²) in [6.45, 7) is 5.12. The Kier molecular flexibility index (Phi) is 5.29. The molecule has 0 bridgehead atoms. The smallest absolute Gasteiger partial charge is 0.244 e. The van der Waals surface area contributed by atoms with Crippen LogP contribution in [0.15, 0.2) is 30.5 Å². The predicted molar refractivity (Wildman–Crippen MR) is 82.3 cm³/mol. The Bertz CT molecular complexity index is 541. The Labute approximate surface area is 119 Å². The molecule has 2 aromatic rings. The minimum atomic E-state index is 0.568. The van der Waals surface area contributed by atoms with Crippen molar-refractivity contribution in [2.45, 2.75) is 33.1 Å². The molecule has 0 atom stereocenters. The molecule has 0 radical (unpaired) electrons. The van der Waals surface area contributed by atoms with Gasteiger partial charge in [0.15, 0.2) is 5.82 Å². The lowest BCUT2D eigenvalue weighted by atomic mass is 10.2. The van der Waals surface area contributed by atoms with Crippen LogP contribution in [0.1, 0.15) is 31.7 Å². The Hall–Kier alpha value is -2.17. The number of anilines is 3. The molecule has 5 heteroatoms. The average Bonchev–Trinajstić information content (AvgIpc) is 2.44. The van der Waals surface area contributed by atoms with Crippen LogP contribution in [0.25, 0.3) is 0 Å². The normalized spacial score (nSPS) is 10.3. The van der Waals surface area contributed by atoms with Crippen LogP contribution in [0, 0.1) is 6.92 Å². The molecule has 20 heavy (non-hydrogen) atoms. The van der Waals surface area contributed by atoms with Crippen LogP contribution in [0.3, 0.4) is 0 Å². The van der Waals surface area contributed by atoms with Gasteiger partial charge in [-0.2, -0.15) is 10.1 Å². The van der Waals surface area contributed by atoms with Crippen molar-refractivity contribution in [1.82, 2.24) is 15.2 Å². The summed E-state index contributed by atoms with van der Waals surface area (Å²) < 4.78 is 0. The van der Waals surface area contributed by atoms with Gasteiger partial charge in [0.2, 0.25) is 5.95 Å². The first kappa shape index (κ1) is 14.2. The molecule has 2 rings (SSSR count). The van der Waals surface area contributed by atoms with Crippen molar-refractivity contribution < 1.29 is 0 Å². The summed E-state index contributed by atoms with van der Waals surface area (Å²) in [7, 11) is 0. The van der Waals surface area contributed by atoms with Crippen molar-refractivity contribution >= 4 is 17.5 Å². The van der Waals surface area contributed by atoms with Gasteiger partial charge in [0.05, 0.1) is 6.20 Å². The fourth-order valence-electron chi connectivity index (χ4n) is 1.88. The fraction of sp³-hybridized carbons (Fsp3) is 0.400. The van der Waals surface area contributed by atoms with Crippen molar-refractivity contribution in [1.29, 1.82) is 0 Å². The molecule has 106 valence electrons. The van der Waals surface area contributed by atoms with Crippen LogP contribution < -0.4 is 10.6 Å². The summed E-state index contributed by atoms with van der Waals surface area (Å²) in [5, 5.41) is 14.4. The second-order valence-corrected chi connectivity index (χ2v) is 4.79. The molecule has 1 heterocycles. The number of hydrogen-bond donors (Lipinski definition) is 2. The maximum absolute atomic E-state index is 4.40. The zero-order valence-corrected chi connectivity index (χ0v) is 12.1. The minimum Gasteiger partial charge on any atom is -0.353 e. The monoisotopic (exact) mass is 271 g/mol. The first-order valence-electron chi connectivity index (χ1n) is 7.05. The summed E-state index contributed by atoms with van der Waals surface area (Å²) in [5.74, 6) is 1.27. The lowest BCUT2D eigenvalue weighted by Gasteiger charge is -2.08. The van der Waals surface area contributed by atoms with Crippen LogP contribution in [0.5, 0.6) is 0 Å². The highest BCUT2D eigenvalue weighted by atomic mass is 15.3. The molecule has 0 saturated carbocycles. The Morgan fingerprint density at radius 2 is 2.10 bits per heavy atom. The van der Waals surface area contributed by atoms with Crippen LogP contribution in [-0.4, -0.2) is 21.7 Å². The van der Waals surface area contributed by atoms with E-state index < -0.39 is 0 Å². The van der Waals surface area contributed by atoms with Crippen LogP contribution in [-0.2, 0) is 0 Å².